The molecule has 150 valence electrons. The number of nitrogens with zero attached hydrogens (tertiary/aromatic N) is 5. The van der Waals surface area contributed by atoms with Crippen molar-refractivity contribution in [1.29, 1.82) is 0 Å². The van der Waals surface area contributed by atoms with Crippen LogP contribution in [0.5, 0.6) is 0 Å². The Morgan fingerprint density at radius 1 is 1.17 bits per heavy atom. The second kappa shape index (κ2) is 8.34. The molecule has 0 unspecified atom stereocenters. The number of hydrogen-bond donors (Lipinski definition) is 1. The summed E-state index contributed by atoms with van der Waals surface area (Å²) in [7, 11) is 1.85. The molecular weight excluding hydrogens is 364 g/mol. The lowest BCUT2D eigenvalue weighted by Crippen LogP contribution is -2.55. The molecule has 1 aliphatic rings. The first-order chi connectivity index (χ1) is 14.2. The number of anilines is 1. The van der Waals surface area contributed by atoms with E-state index in [0.29, 0.717) is 19.6 Å². The SMILES string of the molecule is CCNC(=NCc1cccc2ccccc12)N1CCN(c2cnn(C)c2)C(=O)C1. The molecule has 0 aliphatic carbocycles. The fourth-order valence-electron chi connectivity index (χ4n) is 3.69. The van der Waals surface area contributed by atoms with Crippen molar-refractivity contribution in [1.82, 2.24) is 20.0 Å². The topological polar surface area (TPSA) is 65.8 Å². The third kappa shape index (κ3) is 4.08. The van der Waals surface area contributed by atoms with Gasteiger partial charge >= 0.3 is 0 Å². The van der Waals surface area contributed by atoms with Crippen molar-refractivity contribution in [2.24, 2.45) is 12.0 Å². The van der Waals surface area contributed by atoms with Crippen LogP contribution in [0.1, 0.15) is 12.5 Å². The minimum absolute atomic E-state index is 0.0556. The number of carbonyl (C=O) groups is 1. The van der Waals surface area contributed by atoms with Crippen LogP contribution in [0.15, 0.2) is 59.9 Å². The van der Waals surface area contributed by atoms with E-state index in [1.54, 1.807) is 15.8 Å². The Hall–Kier alpha value is -3.35. The summed E-state index contributed by atoms with van der Waals surface area (Å²) in [5.74, 6) is 0.833. The fourth-order valence-corrected chi connectivity index (χ4v) is 3.69. The molecule has 29 heavy (non-hydrogen) atoms. The van der Waals surface area contributed by atoms with Crippen LogP contribution in [0.4, 0.5) is 5.69 Å². The summed E-state index contributed by atoms with van der Waals surface area (Å²) < 4.78 is 1.71. The smallest absolute Gasteiger partial charge is 0.246 e. The van der Waals surface area contributed by atoms with E-state index in [9.17, 15) is 4.79 Å². The van der Waals surface area contributed by atoms with Gasteiger partial charge in [-0.25, -0.2) is 4.99 Å². The minimum Gasteiger partial charge on any atom is -0.356 e. The molecule has 0 radical (unpaired) electrons. The maximum absolute atomic E-state index is 12.7. The van der Waals surface area contributed by atoms with Crippen LogP contribution < -0.4 is 10.2 Å². The predicted octanol–water partition coefficient (Wildman–Crippen LogP) is 2.39. The van der Waals surface area contributed by atoms with Crippen LogP contribution in [-0.2, 0) is 18.4 Å². The molecule has 7 nitrogen and oxygen atoms in total. The molecule has 1 amide bonds. The number of piperazine rings is 1. The Balaban J connectivity index is 1.51. The summed E-state index contributed by atoms with van der Waals surface area (Å²) in [4.78, 5) is 21.4. The molecule has 7 heteroatoms. The molecule has 0 spiro atoms. The summed E-state index contributed by atoms with van der Waals surface area (Å²) in [5.41, 5.74) is 2.02. The maximum atomic E-state index is 12.7. The molecule has 0 bridgehead atoms. The summed E-state index contributed by atoms with van der Waals surface area (Å²) in [6.45, 7) is 5.01. The number of guanidine groups is 1. The third-order valence-electron chi connectivity index (χ3n) is 5.14. The highest BCUT2D eigenvalue weighted by Gasteiger charge is 2.27. The second-order valence-corrected chi connectivity index (χ2v) is 7.15. The maximum Gasteiger partial charge on any atom is 0.246 e. The number of rotatable bonds is 4. The number of amides is 1. The van der Waals surface area contributed by atoms with E-state index in [1.165, 1.54) is 16.3 Å². The zero-order valence-electron chi connectivity index (χ0n) is 16.9. The first kappa shape index (κ1) is 19.0. The number of carbonyl (C=O) groups excluding carboxylic acids is 1. The number of benzene rings is 2. The minimum atomic E-state index is 0.0556. The summed E-state index contributed by atoms with van der Waals surface area (Å²) >= 11 is 0. The molecular formula is C22H26N6O. The van der Waals surface area contributed by atoms with Gasteiger partial charge in [-0.2, -0.15) is 5.10 Å². The Kier molecular flexibility index (Phi) is 5.46. The van der Waals surface area contributed by atoms with Crippen LogP contribution in [0, 0.1) is 0 Å². The van der Waals surface area contributed by atoms with Crippen molar-refractivity contribution < 1.29 is 4.79 Å². The number of hydrogen-bond acceptors (Lipinski definition) is 3. The lowest BCUT2D eigenvalue weighted by Gasteiger charge is -2.35. The highest BCUT2D eigenvalue weighted by Crippen LogP contribution is 2.20. The highest BCUT2D eigenvalue weighted by molar-refractivity contribution is 5.98. The molecule has 1 N–H and O–H groups in total. The van der Waals surface area contributed by atoms with E-state index in [-0.39, 0.29) is 5.91 Å². The molecule has 1 aromatic heterocycles. The van der Waals surface area contributed by atoms with Crippen LogP contribution in [0.25, 0.3) is 10.8 Å². The molecule has 2 heterocycles. The average molecular weight is 390 g/mol. The van der Waals surface area contributed by atoms with Crippen molar-refractivity contribution >= 4 is 28.3 Å². The molecule has 0 atom stereocenters. The Morgan fingerprint density at radius 2 is 2.00 bits per heavy atom. The van der Waals surface area contributed by atoms with Crippen molar-refractivity contribution in [3.8, 4) is 0 Å². The summed E-state index contributed by atoms with van der Waals surface area (Å²) in [6, 6.07) is 14.6. The van der Waals surface area contributed by atoms with Crippen LogP contribution >= 0.6 is 0 Å². The lowest BCUT2D eigenvalue weighted by atomic mass is 10.1. The quantitative estimate of drug-likeness (QED) is 0.549. The monoisotopic (exact) mass is 390 g/mol. The summed E-state index contributed by atoms with van der Waals surface area (Å²) in [6.07, 6.45) is 3.60. The van der Waals surface area contributed by atoms with E-state index in [2.05, 4.69) is 46.8 Å². The zero-order chi connectivity index (χ0) is 20.2. The van der Waals surface area contributed by atoms with Crippen LogP contribution in [-0.4, -0.2) is 52.7 Å². The number of aryl methyl sites for hydroxylation is 1. The van der Waals surface area contributed by atoms with E-state index in [4.69, 9.17) is 4.99 Å². The molecule has 1 aliphatic heterocycles. The molecule has 2 aromatic carbocycles. The van der Waals surface area contributed by atoms with Crippen LogP contribution in [0.2, 0.25) is 0 Å². The molecule has 3 aromatic rings. The van der Waals surface area contributed by atoms with Gasteiger partial charge in [0.2, 0.25) is 5.91 Å². The van der Waals surface area contributed by atoms with Gasteiger partial charge in [0.15, 0.2) is 5.96 Å². The molecule has 1 saturated heterocycles. The van der Waals surface area contributed by atoms with Gasteiger partial charge in [0.25, 0.3) is 0 Å². The number of aliphatic imine (C=N–C) groups is 1. The van der Waals surface area contributed by atoms with Gasteiger partial charge in [-0.05, 0) is 23.3 Å². The number of fused-ring (bicyclic) bond motifs is 1. The molecule has 4 rings (SSSR count). The van der Waals surface area contributed by atoms with Crippen LogP contribution in [0.3, 0.4) is 0 Å². The van der Waals surface area contributed by atoms with Crippen molar-refractivity contribution in [2.45, 2.75) is 13.5 Å². The van der Waals surface area contributed by atoms with Gasteiger partial charge < -0.3 is 15.1 Å². The van der Waals surface area contributed by atoms with Gasteiger partial charge in [-0.1, -0.05) is 42.5 Å². The Morgan fingerprint density at radius 3 is 2.76 bits per heavy atom. The second-order valence-electron chi connectivity index (χ2n) is 7.15. The highest BCUT2D eigenvalue weighted by atomic mass is 16.2. The first-order valence-corrected chi connectivity index (χ1v) is 9.94. The van der Waals surface area contributed by atoms with E-state index < -0.39 is 0 Å². The van der Waals surface area contributed by atoms with Gasteiger partial charge in [0.05, 0.1) is 18.4 Å². The van der Waals surface area contributed by atoms with Gasteiger partial charge in [0, 0.05) is 32.9 Å². The number of aromatic nitrogens is 2. The normalized spacial score (nSPS) is 15.2. The Bertz CT molecular complexity index is 1040. The fraction of sp³-hybridized carbons (Fsp3) is 0.318. The largest absolute Gasteiger partial charge is 0.356 e. The molecule has 0 saturated carbocycles. The predicted molar refractivity (Wildman–Crippen MR) is 116 cm³/mol. The van der Waals surface area contributed by atoms with Crippen molar-refractivity contribution in [2.75, 3.05) is 31.1 Å². The Labute approximate surface area is 170 Å². The first-order valence-electron chi connectivity index (χ1n) is 9.94. The number of nitrogens with one attached hydrogen (secondary N) is 1. The van der Waals surface area contributed by atoms with Gasteiger partial charge in [-0.3, -0.25) is 9.48 Å². The van der Waals surface area contributed by atoms with E-state index in [1.807, 2.05) is 31.1 Å². The lowest BCUT2D eigenvalue weighted by molar-refractivity contribution is -0.120. The van der Waals surface area contributed by atoms with Gasteiger partial charge in [-0.15, -0.1) is 0 Å². The van der Waals surface area contributed by atoms with Crippen molar-refractivity contribution in [3.05, 3.63) is 60.4 Å². The van der Waals surface area contributed by atoms with E-state index in [0.717, 1.165) is 24.7 Å². The zero-order valence-corrected chi connectivity index (χ0v) is 16.9. The van der Waals surface area contributed by atoms with Crippen molar-refractivity contribution in [3.63, 3.8) is 0 Å². The summed E-state index contributed by atoms with van der Waals surface area (Å²) in [5, 5.41) is 9.94. The standard InChI is InChI=1S/C22H26N6O/c1-3-23-22(24-13-18-9-6-8-17-7-4-5-10-20(17)18)27-11-12-28(21(29)16-27)19-14-25-26(2)15-19/h4-10,14-15H,3,11-13,16H2,1-2H3,(H,23,24). The average Bonchev–Trinajstić information content (AvgIpc) is 3.17. The van der Waals surface area contributed by atoms with Gasteiger partial charge in [0.1, 0.15) is 6.54 Å². The molecule has 1 fully saturated rings. The third-order valence-corrected chi connectivity index (χ3v) is 5.14. The van der Waals surface area contributed by atoms with E-state index >= 15 is 0 Å².